The van der Waals surface area contributed by atoms with E-state index in [0.717, 1.165) is 11.1 Å². The van der Waals surface area contributed by atoms with E-state index in [4.69, 9.17) is 23.8 Å². The van der Waals surface area contributed by atoms with Gasteiger partial charge in [0.1, 0.15) is 0 Å². The van der Waals surface area contributed by atoms with E-state index in [1.165, 1.54) is 0 Å². The Morgan fingerprint density at radius 2 is 2.25 bits per heavy atom. The van der Waals surface area contributed by atoms with Crippen LogP contribution in [0.3, 0.4) is 0 Å². The number of nitrogens with two attached hydrogens (primary N) is 1. The normalized spacial score (nSPS) is 12.2. The summed E-state index contributed by atoms with van der Waals surface area (Å²) in [6.45, 7) is 1.93. The molecule has 12 heavy (non-hydrogen) atoms. The van der Waals surface area contributed by atoms with Gasteiger partial charge >= 0.3 is 0 Å². The average molecular weight is 180 g/mol. The third kappa shape index (κ3) is 1.61. The second-order valence-electron chi connectivity index (χ2n) is 2.62. The van der Waals surface area contributed by atoms with Gasteiger partial charge in [0, 0.05) is 5.02 Å². The highest BCUT2D eigenvalue weighted by Crippen LogP contribution is 2.24. The van der Waals surface area contributed by atoms with Gasteiger partial charge in [-0.3, -0.25) is 0 Å². The zero-order chi connectivity index (χ0) is 9.14. The molecule has 1 atom stereocenters. The number of hydrogen-bond donors (Lipinski definition) is 1. The highest BCUT2D eigenvalue weighted by molar-refractivity contribution is 6.32. The predicted octanol–water partition coefficient (Wildman–Crippen LogP) is 2.28. The van der Waals surface area contributed by atoms with Gasteiger partial charge in [0.25, 0.3) is 0 Å². The minimum atomic E-state index is -0.405. The van der Waals surface area contributed by atoms with Crippen LogP contribution < -0.4 is 5.73 Å². The van der Waals surface area contributed by atoms with Gasteiger partial charge in [-0.05, 0) is 18.1 Å². The lowest BCUT2D eigenvalue weighted by Gasteiger charge is -2.08. The molecule has 0 spiro atoms. The molecular formula is C10H10ClN. The van der Waals surface area contributed by atoms with Crippen molar-refractivity contribution in [2.45, 2.75) is 13.0 Å². The van der Waals surface area contributed by atoms with E-state index in [1.54, 1.807) is 0 Å². The van der Waals surface area contributed by atoms with Crippen molar-refractivity contribution in [1.29, 1.82) is 0 Å². The molecule has 0 saturated carbocycles. The lowest BCUT2D eigenvalue weighted by Crippen LogP contribution is -2.08. The molecule has 0 heterocycles. The zero-order valence-electron chi connectivity index (χ0n) is 6.84. The van der Waals surface area contributed by atoms with Crippen LogP contribution >= 0.6 is 11.6 Å². The fraction of sp³-hybridized carbons (Fsp3) is 0.200. The summed E-state index contributed by atoms with van der Waals surface area (Å²) >= 11 is 5.99. The molecule has 0 aliphatic carbocycles. The maximum Gasteiger partial charge on any atom is 0.0932 e. The first-order valence-electron chi connectivity index (χ1n) is 3.63. The maximum absolute atomic E-state index is 5.99. The van der Waals surface area contributed by atoms with Crippen molar-refractivity contribution in [3.05, 3.63) is 34.3 Å². The highest BCUT2D eigenvalue weighted by atomic mass is 35.5. The molecular weight excluding hydrogens is 170 g/mol. The molecule has 1 rings (SSSR count). The Kier molecular flexibility index (Phi) is 2.75. The van der Waals surface area contributed by atoms with E-state index >= 15 is 0 Å². The molecule has 0 aliphatic heterocycles. The van der Waals surface area contributed by atoms with Crippen molar-refractivity contribution >= 4 is 11.6 Å². The summed E-state index contributed by atoms with van der Waals surface area (Å²) in [6, 6.07) is 5.26. The van der Waals surface area contributed by atoms with Gasteiger partial charge in [0.2, 0.25) is 0 Å². The first-order valence-corrected chi connectivity index (χ1v) is 4.01. The van der Waals surface area contributed by atoms with Crippen LogP contribution in [0, 0.1) is 19.3 Å². The molecule has 0 saturated heterocycles. The molecule has 62 valence electrons. The molecule has 2 heteroatoms. The summed E-state index contributed by atoms with van der Waals surface area (Å²) in [6.07, 6.45) is 5.19. The van der Waals surface area contributed by atoms with Gasteiger partial charge in [-0.2, -0.15) is 0 Å². The second kappa shape index (κ2) is 3.62. The monoisotopic (exact) mass is 179 g/mol. The van der Waals surface area contributed by atoms with Gasteiger partial charge in [-0.25, -0.2) is 0 Å². The second-order valence-corrected chi connectivity index (χ2v) is 3.00. The number of aryl methyl sites for hydroxylation is 1. The Labute approximate surface area is 77.5 Å². The van der Waals surface area contributed by atoms with Gasteiger partial charge in [0.15, 0.2) is 0 Å². The summed E-state index contributed by atoms with van der Waals surface area (Å²) in [5, 5.41) is 0.669. The molecule has 0 radical (unpaired) electrons. The fourth-order valence-electron chi connectivity index (χ4n) is 1.00. The standard InChI is InChI=1S/C10H10ClN/c1-3-9(12)8-6-4-5-7(2)10(8)11/h1,4-6,9H,12H2,2H3. The van der Waals surface area contributed by atoms with Crippen molar-refractivity contribution in [3.8, 4) is 12.3 Å². The Hall–Kier alpha value is -0.970. The molecule has 1 nitrogen and oxygen atoms in total. The van der Waals surface area contributed by atoms with Crippen LogP contribution in [-0.4, -0.2) is 0 Å². The first kappa shape index (κ1) is 9.12. The van der Waals surface area contributed by atoms with E-state index < -0.39 is 6.04 Å². The zero-order valence-corrected chi connectivity index (χ0v) is 7.60. The number of benzene rings is 1. The van der Waals surface area contributed by atoms with Gasteiger partial charge in [-0.1, -0.05) is 35.7 Å². The Morgan fingerprint density at radius 1 is 1.58 bits per heavy atom. The molecule has 1 aromatic carbocycles. The van der Waals surface area contributed by atoms with Crippen molar-refractivity contribution in [3.63, 3.8) is 0 Å². The molecule has 1 aromatic rings. The van der Waals surface area contributed by atoms with E-state index in [2.05, 4.69) is 5.92 Å². The highest BCUT2D eigenvalue weighted by Gasteiger charge is 2.07. The minimum absolute atomic E-state index is 0.405. The van der Waals surface area contributed by atoms with Crippen molar-refractivity contribution in [2.75, 3.05) is 0 Å². The molecule has 0 aliphatic rings. The van der Waals surface area contributed by atoms with Crippen LogP contribution in [0.25, 0.3) is 0 Å². The van der Waals surface area contributed by atoms with Crippen molar-refractivity contribution in [2.24, 2.45) is 5.73 Å². The largest absolute Gasteiger partial charge is 0.314 e. The van der Waals surface area contributed by atoms with E-state index in [0.29, 0.717) is 5.02 Å². The molecule has 0 aromatic heterocycles. The number of rotatable bonds is 1. The van der Waals surface area contributed by atoms with Crippen LogP contribution in [-0.2, 0) is 0 Å². The molecule has 1 unspecified atom stereocenters. The summed E-state index contributed by atoms with van der Waals surface area (Å²) in [5.41, 5.74) is 7.46. The van der Waals surface area contributed by atoms with E-state index in [-0.39, 0.29) is 0 Å². The average Bonchev–Trinajstić information content (AvgIpc) is 2.08. The van der Waals surface area contributed by atoms with E-state index in [9.17, 15) is 0 Å². The molecule has 2 N–H and O–H groups in total. The fourth-order valence-corrected chi connectivity index (χ4v) is 1.24. The number of terminal acetylenes is 1. The first-order chi connectivity index (χ1) is 5.66. The summed E-state index contributed by atoms with van der Waals surface area (Å²) < 4.78 is 0. The molecule has 0 bridgehead atoms. The van der Waals surface area contributed by atoms with Gasteiger partial charge in [-0.15, -0.1) is 6.42 Å². The summed E-state index contributed by atoms with van der Waals surface area (Å²) in [7, 11) is 0. The maximum atomic E-state index is 5.99. The third-order valence-corrected chi connectivity index (χ3v) is 2.25. The third-order valence-electron chi connectivity index (χ3n) is 1.74. The topological polar surface area (TPSA) is 26.0 Å². The lowest BCUT2D eigenvalue weighted by atomic mass is 10.1. The molecule has 0 amide bonds. The predicted molar refractivity (Wildman–Crippen MR) is 52.0 cm³/mol. The minimum Gasteiger partial charge on any atom is -0.314 e. The number of halogens is 1. The van der Waals surface area contributed by atoms with Crippen LogP contribution in [0.15, 0.2) is 18.2 Å². The van der Waals surface area contributed by atoms with Crippen LogP contribution in [0.5, 0.6) is 0 Å². The van der Waals surface area contributed by atoms with Crippen LogP contribution in [0.2, 0.25) is 5.02 Å². The smallest absolute Gasteiger partial charge is 0.0932 e. The summed E-state index contributed by atoms with van der Waals surface area (Å²) in [5.74, 6) is 2.44. The van der Waals surface area contributed by atoms with Crippen LogP contribution in [0.1, 0.15) is 17.2 Å². The molecule has 0 fully saturated rings. The number of hydrogen-bond acceptors (Lipinski definition) is 1. The Bertz CT molecular complexity index is 325. The van der Waals surface area contributed by atoms with Crippen LogP contribution in [0.4, 0.5) is 0 Å². The van der Waals surface area contributed by atoms with Crippen molar-refractivity contribution in [1.82, 2.24) is 0 Å². The summed E-state index contributed by atoms with van der Waals surface area (Å²) in [4.78, 5) is 0. The quantitative estimate of drug-likeness (QED) is 0.658. The Morgan fingerprint density at radius 3 is 2.83 bits per heavy atom. The van der Waals surface area contributed by atoms with Gasteiger partial charge < -0.3 is 5.73 Å². The lowest BCUT2D eigenvalue weighted by molar-refractivity contribution is 0.944. The van der Waals surface area contributed by atoms with E-state index in [1.807, 2.05) is 25.1 Å². The Balaban J connectivity index is 3.18. The SMILES string of the molecule is C#CC(N)c1cccc(C)c1Cl. The van der Waals surface area contributed by atoms with Gasteiger partial charge in [0.05, 0.1) is 6.04 Å². The van der Waals surface area contributed by atoms with Crippen molar-refractivity contribution < 1.29 is 0 Å².